The second kappa shape index (κ2) is 8.41. The SMILES string of the molecule is CCOc1cc(=O)c(C(=O)N2CCc3ccccc3C2)nn1-c1ccc(OC)cc1. The van der Waals surface area contributed by atoms with Gasteiger partial charge in [-0.25, -0.2) is 4.68 Å². The zero-order valence-electron chi connectivity index (χ0n) is 17.0. The lowest BCUT2D eigenvalue weighted by atomic mass is 10.00. The first kappa shape index (κ1) is 19.7. The standard InChI is InChI=1S/C23H23N3O4/c1-3-30-21-14-20(27)22(24-26(21)18-8-10-19(29-2)11-9-18)23(28)25-13-12-16-6-4-5-7-17(16)15-25/h4-11,14H,3,12-13,15H2,1-2H3. The van der Waals surface area contributed by atoms with Crippen LogP contribution >= 0.6 is 0 Å². The Balaban J connectivity index is 1.71. The van der Waals surface area contributed by atoms with Crippen LogP contribution in [0.5, 0.6) is 11.6 Å². The molecule has 30 heavy (non-hydrogen) atoms. The maximum absolute atomic E-state index is 13.2. The zero-order valence-corrected chi connectivity index (χ0v) is 17.0. The minimum absolute atomic E-state index is 0.117. The number of hydrogen-bond donors (Lipinski definition) is 0. The Labute approximate surface area is 174 Å². The van der Waals surface area contributed by atoms with Gasteiger partial charge in [0.05, 0.1) is 25.5 Å². The van der Waals surface area contributed by atoms with E-state index in [1.165, 1.54) is 16.3 Å². The summed E-state index contributed by atoms with van der Waals surface area (Å²) in [5.41, 5.74) is 2.42. The molecule has 0 bridgehead atoms. The molecule has 7 heteroatoms. The van der Waals surface area contributed by atoms with Crippen LogP contribution in [0.1, 0.15) is 28.5 Å². The van der Waals surface area contributed by atoms with Crippen molar-refractivity contribution < 1.29 is 14.3 Å². The Hall–Kier alpha value is -3.61. The molecule has 2 aromatic carbocycles. The zero-order chi connectivity index (χ0) is 21.1. The Morgan fingerprint density at radius 3 is 2.53 bits per heavy atom. The molecule has 7 nitrogen and oxygen atoms in total. The van der Waals surface area contributed by atoms with Gasteiger partial charge in [-0.1, -0.05) is 24.3 Å². The topological polar surface area (TPSA) is 73.7 Å². The second-order valence-electron chi connectivity index (χ2n) is 6.98. The highest BCUT2D eigenvalue weighted by molar-refractivity contribution is 5.92. The normalized spacial score (nSPS) is 12.9. The summed E-state index contributed by atoms with van der Waals surface area (Å²) in [7, 11) is 1.59. The first-order valence-electron chi connectivity index (χ1n) is 9.88. The lowest BCUT2D eigenvalue weighted by Gasteiger charge is -2.28. The summed E-state index contributed by atoms with van der Waals surface area (Å²) < 4.78 is 12.3. The van der Waals surface area contributed by atoms with E-state index in [1.807, 2.05) is 25.1 Å². The highest BCUT2D eigenvalue weighted by Gasteiger charge is 2.26. The van der Waals surface area contributed by atoms with Gasteiger partial charge >= 0.3 is 0 Å². The monoisotopic (exact) mass is 405 g/mol. The number of methoxy groups -OCH3 is 1. The van der Waals surface area contributed by atoms with E-state index in [-0.39, 0.29) is 17.5 Å². The van der Waals surface area contributed by atoms with Crippen LogP contribution in [0, 0.1) is 0 Å². The number of aromatic nitrogens is 2. The minimum Gasteiger partial charge on any atom is -0.497 e. The summed E-state index contributed by atoms with van der Waals surface area (Å²) in [6.45, 7) is 3.21. The summed E-state index contributed by atoms with van der Waals surface area (Å²) >= 11 is 0. The molecule has 0 aliphatic carbocycles. The molecule has 1 aromatic heterocycles. The van der Waals surface area contributed by atoms with E-state index in [1.54, 1.807) is 36.3 Å². The van der Waals surface area contributed by atoms with Gasteiger partial charge in [0, 0.05) is 13.1 Å². The van der Waals surface area contributed by atoms with E-state index in [9.17, 15) is 9.59 Å². The van der Waals surface area contributed by atoms with Crippen LogP contribution in [0.2, 0.25) is 0 Å². The number of ether oxygens (including phenoxy) is 2. The van der Waals surface area contributed by atoms with Crippen LogP contribution in [0.3, 0.4) is 0 Å². The number of hydrogen-bond acceptors (Lipinski definition) is 5. The summed E-state index contributed by atoms with van der Waals surface area (Å²) in [6.07, 6.45) is 0.756. The Kier molecular flexibility index (Phi) is 5.52. The van der Waals surface area contributed by atoms with Gasteiger partial charge in [-0.05, 0) is 48.7 Å². The molecule has 1 aliphatic heterocycles. The van der Waals surface area contributed by atoms with Gasteiger partial charge in [-0.2, -0.15) is 5.10 Å². The lowest BCUT2D eigenvalue weighted by molar-refractivity contribution is 0.0725. The van der Waals surface area contributed by atoms with Crippen molar-refractivity contribution in [2.75, 3.05) is 20.3 Å². The fourth-order valence-corrected chi connectivity index (χ4v) is 3.57. The first-order valence-corrected chi connectivity index (χ1v) is 9.88. The lowest BCUT2D eigenvalue weighted by Crippen LogP contribution is -2.39. The molecule has 0 N–H and O–H groups in total. The van der Waals surface area contributed by atoms with Crippen LogP contribution in [0.4, 0.5) is 0 Å². The van der Waals surface area contributed by atoms with Crippen molar-refractivity contribution in [3.63, 3.8) is 0 Å². The third kappa shape index (κ3) is 3.78. The molecule has 0 spiro atoms. The third-order valence-electron chi connectivity index (χ3n) is 5.13. The first-order chi connectivity index (χ1) is 14.6. The highest BCUT2D eigenvalue weighted by Crippen LogP contribution is 2.21. The fourth-order valence-electron chi connectivity index (χ4n) is 3.57. The number of nitrogens with zero attached hydrogens (tertiary/aromatic N) is 3. The summed E-state index contributed by atoms with van der Waals surface area (Å²) in [4.78, 5) is 27.5. The summed E-state index contributed by atoms with van der Waals surface area (Å²) in [5.74, 6) is 0.606. The number of benzene rings is 2. The summed E-state index contributed by atoms with van der Waals surface area (Å²) in [6, 6.07) is 16.5. The molecule has 1 amide bonds. The van der Waals surface area contributed by atoms with Crippen molar-refractivity contribution in [1.29, 1.82) is 0 Å². The molecular formula is C23H23N3O4. The van der Waals surface area contributed by atoms with Gasteiger partial charge in [0.25, 0.3) is 5.91 Å². The molecule has 2 heterocycles. The molecule has 0 atom stereocenters. The van der Waals surface area contributed by atoms with Crippen LogP contribution in [0.25, 0.3) is 5.69 Å². The number of carbonyl (C=O) groups excluding carboxylic acids is 1. The number of fused-ring (bicyclic) bond motifs is 1. The van der Waals surface area contributed by atoms with Crippen molar-refractivity contribution in [1.82, 2.24) is 14.7 Å². The minimum atomic E-state index is -0.452. The van der Waals surface area contributed by atoms with Crippen molar-refractivity contribution in [2.45, 2.75) is 19.9 Å². The smallest absolute Gasteiger partial charge is 0.278 e. The maximum Gasteiger partial charge on any atom is 0.278 e. The van der Waals surface area contributed by atoms with Gasteiger partial charge in [0.2, 0.25) is 11.3 Å². The van der Waals surface area contributed by atoms with Gasteiger partial charge in [-0.3, -0.25) is 9.59 Å². The van der Waals surface area contributed by atoms with Crippen molar-refractivity contribution in [3.8, 4) is 17.3 Å². The molecule has 0 unspecified atom stereocenters. The molecular weight excluding hydrogens is 382 g/mol. The predicted molar refractivity (Wildman–Crippen MR) is 112 cm³/mol. The average molecular weight is 405 g/mol. The van der Waals surface area contributed by atoms with Crippen LogP contribution in [-0.2, 0) is 13.0 Å². The Morgan fingerprint density at radius 1 is 1.10 bits per heavy atom. The number of carbonyl (C=O) groups is 1. The molecule has 0 saturated carbocycles. The van der Waals surface area contributed by atoms with E-state index in [2.05, 4.69) is 11.2 Å². The quantitative estimate of drug-likeness (QED) is 0.653. The highest BCUT2D eigenvalue weighted by atomic mass is 16.5. The molecule has 154 valence electrons. The molecule has 1 aliphatic rings. The van der Waals surface area contributed by atoms with E-state index in [0.29, 0.717) is 31.1 Å². The fraction of sp³-hybridized carbons (Fsp3) is 0.261. The van der Waals surface area contributed by atoms with Crippen molar-refractivity contribution >= 4 is 5.91 Å². The molecule has 3 aromatic rings. The van der Waals surface area contributed by atoms with Crippen LogP contribution in [0.15, 0.2) is 59.4 Å². The predicted octanol–water partition coefficient (Wildman–Crippen LogP) is 2.84. The van der Waals surface area contributed by atoms with E-state index >= 15 is 0 Å². The molecule has 0 saturated heterocycles. The van der Waals surface area contributed by atoms with Gasteiger partial charge in [0.15, 0.2) is 5.69 Å². The molecule has 0 radical (unpaired) electrons. The van der Waals surface area contributed by atoms with Crippen molar-refractivity contribution in [2.24, 2.45) is 0 Å². The number of rotatable bonds is 5. The second-order valence-corrected chi connectivity index (χ2v) is 6.98. The van der Waals surface area contributed by atoms with Gasteiger partial charge < -0.3 is 14.4 Å². The van der Waals surface area contributed by atoms with E-state index in [0.717, 1.165) is 12.0 Å². The largest absolute Gasteiger partial charge is 0.497 e. The Morgan fingerprint density at radius 2 is 1.83 bits per heavy atom. The van der Waals surface area contributed by atoms with Crippen LogP contribution in [-0.4, -0.2) is 40.8 Å². The Bertz CT molecular complexity index is 1120. The summed E-state index contributed by atoms with van der Waals surface area (Å²) in [5, 5.41) is 4.39. The van der Waals surface area contributed by atoms with Gasteiger partial charge in [0.1, 0.15) is 5.75 Å². The molecule has 4 rings (SSSR count). The third-order valence-corrected chi connectivity index (χ3v) is 5.13. The van der Waals surface area contributed by atoms with E-state index in [4.69, 9.17) is 9.47 Å². The number of amides is 1. The van der Waals surface area contributed by atoms with Crippen molar-refractivity contribution in [3.05, 3.63) is 81.6 Å². The van der Waals surface area contributed by atoms with E-state index < -0.39 is 5.43 Å². The maximum atomic E-state index is 13.2. The van der Waals surface area contributed by atoms with Crippen LogP contribution < -0.4 is 14.9 Å². The average Bonchev–Trinajstić information content (AvgIpc) is 2.79. The molecule has 0 fully saturated rings. The van der Waals surface area contributed by atoms with Gasteiger partial charge in [-0.15, -0.1) is 0 Å².